The number of ether oxygens (including phenoxy) is 1. The number of fused-ring (bicyclic) bond motifs is 1. The van der Waals surface area contributed by atoms with Gasteiger partial charge in [-0.1, -0.05) is 17.3 Å². The van der Waals surface area contributed by atoms with Crippen LogP contribution < -0.4 is 10.1 Å². The van der Waals surface area contributed by atoms with Crippen LogP contribution in [0.15, 0.2) is 28.8 Å². The van der Waals surface area contributed by atoms with Crippen LogP contribution in [0.25, 0.3) is 0 Å². The van der Waals surface area contributed by atoms with Crippen LogP contribution in [-0.2, 0) is 19.4 Å². The van der Waals surface area contributed by atoms with Crippen LogP contribution in [0.4, 0.5) is 5.13 Å². The molecule has 0 saturated heterocycles. The van der Waals surface area contributed by atoms with E-state index in [9.17, 15) is 4.79 Å². The number of aromatic nitrogens is 3. The first kappa shape index (κ1) is 16.7. The summed E-state index contributed by atoms with van der Waals surface area (Å²) < 4.78 is 10.6. The van der Waals surface area contributed by atoms with Crippen molar-refractivity contribution in [2.45, 2.75) is 39.2 Å². The lowest BCUT2D eigenvalue weighted by Gasteiger charge is -2.09. The first-order valence-electron chi connectivity index (χ1n) is 8.50. The number of rotatable bonds is 5. The van der Waals surface area contributed by atoms with Gasteiger partial charge < -0.3 is 9.26 Å². The molecule has 0 saturated carbocycles. The molecule has 7 nitrogen and oxygen atoms in total. The second-order valence-corrected chi connectivity index (χ2v) is 7.15. The van der Waals surface area contributed by atoms with Gasteiger partial charge in [-0.25, -0.2) is 4.98 Å². The van der Waals surface area contributed by atoms with Gasteiger partial charge in [-0.05, 0) is 37.8 Å². The lowest BCUT2D eigenvalue weighted by Crippen LogP contribution is -2.13. The van der Waals surface area contributed by atoms with Crippen molar-refractivity contribution in [1.29, 1.82) is 0 Å². The average Bonchev–Trinajstić information content (AvgIpc) is 3.25. The Kier molecular flexibility index (Phi) is 4.66. The zero-order chi connectivity index (χ0) is 17.9. The highest BCUT2D eigenvalue weighted by molar-refractivity contribution is 7.15. The minimum absolute atomic E-state index is 0.132. The van der Waals surface area contributed by atoms with Crippen LogP contribution in [0.1, 0.15) is 45.5 Å². The number of aryl methyl sites for hydroxylation is 3. The lowest BCUT2D eigenvalue weighted by molar-refractivity contribution is 0.102. The van der Waals surface area contributed by atoms with Crippen molar-refractivity contribution >= 4 is 22.4 Å². The molecule has 1 aliphatic rings. The molecule has 1 aliphatic carbocycles. The van der Waals surface area contributed by atoms with Crippen molar-refractivity contribution in [3.05, 3.63) is 52.1 Å². The van der Waals surface area contributed by atoms with E-state index in [1.54, 1.807) is 36.5 Å². The van der Waals surface area contributed by atoms with Crippen molar-refractivity contribution in [3.8, 4) is 5.75 Å². The SMILES string of the molecule is Cc1nc(COc2ccccc2C(=O)Nc2nc3c(s2)CCCC3)no1. The van der Waals surface area contributed by atoms with Gasteiger partial charge >= 0.3 is 0 Å². The van der Waals surface area contributed by atoms with Gasteiger partial charge in [0, 0.05) is 11.8 Å². The van der Waals surface area contributed by atoms with Gasteiger partial charge in [-0.15, -0.1) is 11.3 Å². The fourth-order valence-electron chi connectivity index (χ4n) is 2.89. The molecule has 0 fully saturated rings. The summed E-state index contributed by atoms with van der Waals surface area (Å²) >= 11 is 1.56. The molecule has 26 heavy (non-hydrogen) atoms. The maximum Gasteiger partial charge on any atom is 0.261 e. The lowest BCUT2D eigenvalue weighted by atomic mass is 10.0. The molecule has 2 aromatic heterocycles. The number of hydrogen-bond acceptors (Lipinski definition) is 7. The molecule has 0 radical (unpaired) electrons. The highest BCUT2D eigenvalue weighted by atomic mass is 32.1. The molecule has 2 heterocycles. The summed E-state index contributed by atoms with van der Waals surface area (Å²) in [6.45, 7) is 1.85. The molecule has 0 atom stereocenters. The van der Waals surface area contributed by atoms with Gasteiger partial charge in [0.15, 0.2) is 11.7 Å². The van der Waals surface area contributed by atoms with E-state index in [0.717, 1.165) is 25.0 Å². The Balaban J connectivity index is 1.48. The summed E-state index contributed by atoms with van der Waals surface area (Å²) in [6.07, 6.45) is 4.39. The van der Waals surface area contributed by atoms with E-state index in [-0.39, 0.29) is 12.5 Å². The fraction of sp³-hybridized carbons (Fsp3) is 0.333. The number of nitrogens with one attached hydrogen (secondary N) is 1. The minimum Gasteiger partial charge on any atom is -0.485 e. The van der Waals surface area contributed by atoms with Crippen molar-refractivity contribution in [3.63, 3.8) is 0 Å². The molecule has 4 rings (SSSR count). The maximum atomic E-state index is 12.7. The summed E-state index contributed by atoms with van der Waals surface area (Å²) in [7, 11) is 0. The van der Waals surface area contributed by atoms with Crippen LogP contribution in [0.5, 0.6) is 5.75 Å². The number of carbonyl (C=O) groups excluding carboxylic acids is 1. The number of anilines is 1. The van der Waals surface area contributed by atoms with Gasteiger partial charge in [0.05, 0.1) is 11.3 Å². The molecular weight excluding hydrogens is 352 g/mol. The number of nitrogens with zero attached hydrogens (tertiary/aromatic N) is 3. The topological polar surface area (TPSA) is 90.1 Å². The maximum absolute atomic E-state index is 12.7. The first-order valence-corrected chi connectivity index (χ1v) is 9.31. The second kappa shape index (κ2) is 7.25. The molecule has 1 amide bonds. The molecule has 0 spiro atoms. The van der Waals surface area contributed by atoms with E-state index in [4.69, 9.17) is 9.26 Å². The summed E-state index contributed by atoms with van der Waals surface area (Å²) in [4.78, 5) is 22.6. The van der Waals surface area contributed by atoms with E-state index in [1.165, 1.54) is 11.3 Å². The van der Waals surface area contributed by atoms with Crippen molar-refractivity contribution in [1.82, 2.24) is 15.1 Å². The van der Waals surface area contributed by atoms with E-state index in [1.807, 2.05) is 6.07 Å². The molecule has 3 aromatic rings. The molecule has 8 heteroatoms. The third kappa shape index (κ3) is 3.60. The Morgan fingerprint density at radius 3 is 2.92 bits per heavy atom. The quantitative estimate of drug-likeness (QED) is 0.739. The van der Waals surface area contributed by atoms with Gasteiger partial charge in [0.25, 0.3) is 5.91 Å². The monoisotopic (exact) mass is 370 g/mol. The highest BCUT2D eigenvalue weighted by Crippen LogP contribution is 2.30. The largest absolute Gasteiger partial charge is 0.485 e. The molecular formula is C18H18N4O3S. The normalized spacial score (nSPS) is 13.3. The summed E-state index contributed by atoms with van der Waals surface area (Å²) in [5.74, 6) is 1.14. The Morgan fingerprint density at radius 2 is 2.12 bits per heavy atom. The van der Waals surface area contributed by atoms with Crippen molar-refractivity contribution in [2.24, 2.45) is 0 Å². The number of amides is 1. The van der Waals surface area contributed by atoms with Crippen molar-refractivity contribution in [2.75, 3.05) is 5.32 Å². The standard InChI is InChI=1S/C18H18N4O3S/c1-11-19-16(22-25-11)10-24-14-8-4-2-6-12(14)17(23)21-18-20-13-7-3-5-9-15(13)26-18/h2,4,6,8H,3,5,7,9-10H2,1H3,(H,20,21,23). The fourth-order valence-corrected chi connectivity index (χ4v) is 3.94. The van der Waals surface area contributed by atoms with E-state index >= 15 is 0 Å². The molecule has 0 aliphatic heterocycles. The van der Waals surface area contributed by atoms with Crippen LogP contribution in [0, 0.1) is 6.92 Å². The van der Waals surface area contributed by atoms with E-state index in [0.29, 0.717) is 28.2 Å². The molecule has 134 valence electrons. The van der Waals surface area contributed by atoms with Crippen LogP contribution in [-0.4, -0.2) is 21.0 Å². The zero-order valence-electron chi connectivity index (χ0n) is 14.3. The van der Waals surface area contributed by atoms with Gasteiger partial charge in [0.1, 0.15) is 5.75 Å². The Labute approximate surface area is 154 Å². The third-order valence-corrected chi connectivity index (χ3v) is 5.20. The molecule has 0 bridgehead atoms. The van der Waals surface area contributed by atoms with Gasteiger partial charge in [-0.3, -0.25) is 10.1 Å². The highest BCUT2D eigenvalue weighted by Gasteiger charge is 2.18. The van der Waals surface area contributed by atoms with Crippen molar-refractivity contribution < 1.29 is 14.1 Å². The Bertz CT molecular complexity index is 911. The van der Waals surface area contributed by atoms with Crippen LogP contribution in [0.3, 0.4) is 0 Å². The average molecular weight is 370 g/mol. The summed E-state index contributed by atoms with van der Waals surface area (Å²) in [5.41, 5.74) is 1.56. The predicted molar refractivity (Wildman–Crippen MR) is 96.5 cm³/mol. The smallest absolute Gasteiger partial charge is 0.261 e. The molecule has 1 N–H and O–H groups in total. The third-order valence-electron chi connectivity index (χ3n) is 4.12. The zero-order valence-corrected chi connectivity index (χ0v) is 15.1. The van der Waals surface area contributed by atoms with E-state index < -0.39 is 0 Å². The molecule has 0 unspecified atom stereocenters. The number of benzene rings is 1. The second-order valence-electron chi connectivity index (χ2n) is 6.06. The predicted octanol–water partition coefficient (Wildman–Crippen LogP) is 3.54. The number of thiazole rings is 1. The Morgan fingerprint density at radius 1 is 1.27 bits per heavy atom. The minimum atomic E-state index is -0.240. The summed E-state index contributed by atoms with van der Waals surface area (Å²) in [5, 5.41) is 7.33. The summed E-state index contributed by atoms with van der Waals surface area (Å²) in [6, 6.07) is 7.08. The van der Waals surface area contributed by atoms with E-state index in [2.05, 4.69) is 20.4 Å². The number of carbonyl (C=O) groups is 1. The number of hydrogen-bond donors (Lipinski definition) is 1. The van der Waals surface area contributed by atoms with Crippen LogP contribution >= 0.6 is 11.3 Å². The van der Waals surface area contributed by atoms with Gasteiger partial charge in [-0.2, -0.15) is 4.98 Å². The Hall–Kier alpha value is -2.74. The first-order chi connectivity index (χ1) is 12.7. The van der Waals surface area contributed by atoms with Crippen LogP contribution in [0.2, 0.25) is 0 Å². The number of para-hydroxylation sites is 1. The van der Waals surface area contributed by atoms with Gasteiger partial charge in [0.2, 0.25) is 11.7 Å². The molecule has 1 aromatic carbocycles.